The summed E-state index contributed by atoms with van der Waals surface area (Å²) in [5, 5.41) is 25.8. The van der Waals surface area contributed by atoms with E-state index in [-0.39, 0.29) is 30.1 Å². The Kier molecular flexibility index (Phi) is 9.21. The van der Waals surface area contributed by atoms with Crippen molar-refractivity contribution in [1.82, 2.24) is 15.2 Å². The van der Waals surface area contributed by atoms with Gasteiger partial charge in [0.05, 0.1) is 16.8 Å². The number of amides is 2. The minimum atomic E-state index is -1.47. The Bertz CT molecular complexity index is 1180. The number of nitrogens with two attached hydrogens (primary N) is 1. The van der Waals surface area contributed by atoms with Gasteiger partial charge in [-0.3, -0.25) is 19.2 Å². The van der Waals surface area contributed by atoms with E-state index in [9.17, 15) is 29.5 Å². The maximum absolute atomic E-state index is 13.2. The number of β-lactam (4-membered cyclic amide) rings is 1. The fraction of sp³-hybridized carbons (Fsp3) is 0.667. The van der Waals surface area contributed by atoms with Gasteiger partial charge in [-0.05, 0) is 40.0 Å². The maximum Gasteiger partial charge on any atom is 0.322 e. The number of hydrogen-bond donors (Lipinski definition) is 4. The van der Waals surface area contributed by atoms with Crippen LogP contribution in [0.5, 0.6) is 0 Å². The Hall–Kier alpha value is -2.56. The molecule has 5 N–H and O–H groups in total. The Balaban J connectivity index is 1.53. The summed E-state index contributed by atoms with van der Waals surface area (Å²) in [6.07, 6.45) is 2.67. The monoisotopic (exact) mass is 615 g/mol. The predicted molar refractivity (Wildman–Crippen MR) is 150 cm³/mol. The molecule has 4 rings (SSSR count). The molecule has 4 heterocycles. The number of nitrogen functional groups attached to an aromatic ring is 1. The van der Waals surface area contributed by atoms with E-state index in [1.54, 1.807) is 20.8 Å². The van der Waals surface area contributed by atoms with E-state index < -0.39 is 56.3 Å². The number of carboxylic acid groups (broad SMARTS) is 1. The van der Waals surface area contributed by atoms with Gasteiger partial charge in [0, 0.05) is 24.3 Å². The molecular formula is C24H33N5O8S3. The number of anilines is 1. The average molecular weight is 616 g/mol. The second-order valence-corrected chi connectivity index (χ2v) is 14.4. The smallest absolute Gasteiger partial charge is 0.322 e. The number of rotatable bonds is 9. The molecular weight excluding hydrogens is 582 g/mol. The lowest BCUT2D eigenvalue weighted by Gasteiger charge is -2.56. The molecule has 3 fully saturated rings. The van der Waals surface area contributed by atoms with E-state index in [1.807, 2.05) is 0 Å². The van der Waals surface area contributed by atoms with Gasteiger partial charge in [-0.15, -0.1) is 34.9 Å². The molecule has 4 unspecified atom stereocenters. The van der Waals surface area contributed by atoms with E-state index in [0.29, 0.717) is 12.4 Å². The molecule has 0 spiro atoms. The molecule has 0 aliphatic carbocycles. The van der Waals surface area contributed by atoms with Crippen LogP contribution in [0.1, 0.15) is 45.7 Å². The first-order valence-corrected chi connectivity index (χ1v) is 15.5. The van der Waals surface area contributed by atoms with Gasteiger partial charge >= 0.3 is 11.9 Å². The number of nitrogens with zero attached hydrogens (tertiary/aromatic N) is 3. The number of ether oxygens (including phenoxy) is 2. The van der Waals surface area contributed by atoms with Crippen molar-refractivity contribution in [2.24, 2.45) is 10.6 Å². The summed E-state index contributed by atoms with van der Waals surface area (Å²) in [6.45, 7) is 5.41. The van der Waals surface area contributed by atoms with Gasteiger partial charge in [0.15, 0.2) is 10.8 Å². The summed E-state index contributed by atoms with van der Waals surface area (Å²) >= 11 is 3.42. The van der Waals surface area contributed by atoms with Crippen LogP contribution >= 0.6 is 34.9 Å². The van der Waals surface area contributed by atoms with Crippen LogP contribution < -0.4 is 11.1 Å². The van der Waals surface area contributed by atoms with E-state index in [0.717, 1.165) is 42.4 Å². The van der Waals surface area contributed by atoms with Gasteiger partial charge in [-0.1, -0.05) is 5.16 Å². The van der Waals surface area contributed by atoms with Crippen molar-refractivity contribution in [2.75, 3.05) is 31.2 Å². The number of aromatic nitrogens is 1. The second-order valence-electron chi connectivity index (χ2n) is 10.8. The molecule has 5 atom stereocenters. The lowest BCUT2D eigenvalue weighted by atomic mass is 9.96. The number of aliphatic carboxylic acids is 1. The fourth-order valence-electron chi connectivity index (χ4n) is 4.56. The molecule has 0 saturated carbocycles. The van der Waals surface area contributed by atoms with E-state index in [1.165, 1.54) is 22.0 Å². The summed E-state index contributed by atoms with van der Waals surface area (Å²) in [5.41, 5.74) is 4.48. The van der Waals surface area contributed by atoms with Gasteiger partial charge in [0.1, 0.15) is 28.5 Å². The van der Waals surface area contributed by atoms with Gasteiger partial charge in [-0.2, -0.15) is 0 Å². The van der Waals surface area contributed by atoms with Crippen LogP contribution in [0.4, 0.5) is 5.13 Å². The zero-order valence-corrected chi connectivity index (χ0v) is 24.8. The molecule has 1 aromatic heterocycles. The molecule has 40 heavy (non-hydrogen) atoms. The number of carbonyl (C=O) groups is 4. The minimum absolute atomic E-state index is 0.0561. The van der Waals surface area contributed by atoms with E-state index >= 15 is 0 Å². The van der Waals surface area contributed by atoms with Crippen LogP contribution in [0.2, 0.25) is 0 Å². The normalized spacial score (nSPS) is 28.8. The van der Waals surface area contributed by atoms with Gasteiger partial charge in [0.25, 0.3) is 5.91 Å². The first kappa shape index (κ1) is 30.4. The van der Waals surface area contributed by atoms with Crippen LogP contribution in [0.3, 0.4) is 0 Å². The largest absolute Gasteiger partial charge is 0.480 e. The van der Waals surface area contributed by atoms with Crippen LogP contribution in [0.15, 0.2) is 10.5 Å². The standard InChI is InChI=1S/C24H33N5O8S3/c1-23(2,3)21(34)37-8-14-24(20(32)33,39-9-12-6-4-5-7-36-12)11-29-18(31)16(19(29)40-14)27-17(30)15(28-35)13-10-38-22(25)26-13/h10,12,14,16,19,35H,4-9,11H2,1-3H3,(H2,25,26)(H,27,30)(H,32,33)/t12?,14?,16?,19-,24?/m1/s1. The van der Waals surface area contributed by atoms with Crippen molar-refractivity contribution in [2.45, 2.75) is 67.6 Å². The van der Waals surface area contributed by atoms with Gasteiger partial charge < -0.3 is 35.7 Å². The zero-order chi connectivity index (χ0) is 29.2. The third-order valence-electron chi connectivity index (χ3n) is 6.88. The predicted octanol–water partition coefficient (Wildman–Crippen LogP) is 1.39. The fourth-order valence-corrected chi connectivity index (χ4v) is 8.37. The number of nitrogens with one attached hydrogen (secondary N) is 1. The molecule has 3 aliphatic heterocycles. The molecule has 2 amide bonds. The quantitative estimate of drug-likeness (QED) is 0.103. The lowest BCUT2D eigenvalue weighted by molar-refractivity contribution is -0.157. The van der Waals surface area contributed by atoms with Crippen molar-refractivity contribution in [1.29, 1.82) is 0 Å². The van der Waals surface area contributed by atoms with Crippen molar-refractivity contribution in [3.05, 3.63) is 11.1 Å². The molecule has 16 heteroatoms. The molecule has 1 aromatic rings. The molecule has 0 aromatic carbocycles. The van der Waals surface area contributed by atoms with Crippen LogP contribution in [0.25, 0.3) is 0 Å². The number of carbonyl (C=O) groups excluding carboxylic acids is 3. The van der Waals surface area contributed by atoms with Crippen molar-refractivity contribution >= 4 is 69.5 Å². The highest BCUT2D eigenvalue weighted by Crippen LogP contribution is 2.49. The van der Waals surface area contributed by atoms with Gasteiger partial charge in [0.2, 0.25) is 5.91 Å². The Labute approximate surface area is 243 Å². The van der Waals surface area contributed by atoms with Crippen molar-refractivity contribution in [3.8, 4) is 0 Å². The first-order valence-electron chi connectivity index (χ1n) is 12.7. The molecule has 0 radical (unpaired) electrons. The highest BCUT2D eigenvalue weighted by Gasteiger charge is 2.62. The van der Waals surface area contributed by atoms with Crippen LogP contribution in [-0.2, 0) is 28.7 Å². The number of carboxylic acids is 1. The molecule has 3 aliphatic rings. The third kappa shape index (κ3) is 6.19. The molecule has 3 saturated heterocycles. The summed E-state index contributed by atoms with van der Waals surface area (Å²) in [5.74, 6) is -2.48. The minimum Gasteiger partial charge on any atom is -0.480 e. The number of esters is 1. The van der Waals surface area contributed by atoms with E-state index in [2.05, 4.69) is 15.5 Å². The highest BCUT2D eigenvalue weighted by molar-refractivity contribution is 8.05. The van der Waals surface area contributed by atoms with Crippen molar-refractivity contribution < 1.29 is 39.0 Å². The number of thiazole rings is 1. The topological polar surface area (TPSA) is 194 Å². The molecule has 13 nitrogen and oxygen atoms in total. The Morgan fingerprint density at radius 3 is 2.70 bits per heavy atom. The number of oxime groups is 1. The zero-order valence-electron chi connectivity index (χ0n) is 22.3. The highest BCUT2D eigenvalue weighted by atomic mass is 32.2. The SMILES string of the molecule is CC(C)(C)C(=O)OCC1S[C@@H]2C(NC(=O)C(=NO)c3csc(N)n3)C(=O)N2CC1(SCC1CCCCO1)C(=O)O. The first-order chi connectivity index (χ1) is 18.9. The van der Waals surface area contributed by atoms with Crippen LogP contribution in [-0.4, -0.2) is 103 Å². The number of fused-ring (bicyclic) bond motifs is 1. The second kappa shape index (κ2) is 12.1. The third-order valence-corrected chi connectivity index (χ3v) is 11.0. The summed E-state index contributed by atoms with van der Waals surface area (Å²) in [7, 11) is 0. The maximum atomic E-state index is 13.2. The average Bonchev–Trinajstić information content (AvgIpc) is 3.34. The number of thioether (sulfide) groups is 2. The molecule has 220 valence electrons. The molecule has 0 bridgehead atoms. The number of hydrogen-bond acceptors (Lipinski definition) is 13. The van der Waals surface area contributed by atoms with Crippen LogP contribution in [0, 0.1) is 5.41 Å². The summed E-state index contributed by atoms with van der Waals surface area (Å²) < 4.78 is 9.92. The Morgan fingerprint density at radius 2 is 2.12 bits per heavy atom. The summed E-state index contributed by atoms with van der Waals surface area (Å²) in [6, 6.07) is -1.01. The Morgan fingerprint density at radius 1 is 1.38 bits per heavy atom. The summed E-state index contributed by atoms with van der Waals surface area (Å²) in [4.78, 5) is 56.8. The van der Waals surface area contributed by atoms with Crippen molar-refractivity contribution in [3.63, 3.8) is 0 Å². The van der Waals surface area contributed by atoms with E-state index in [4.69, 9.17) is 15.2 Å². The van der Waals surface area contributed by atoms with Gasteiger partial charge in [-0.25, -0.2) is 4.98 Å². The lowest BCUT2D eigenvalue weighted by Crippen LogP contribution is -2.76.